The van der Waals surface area contributed by atoms with Gasteiger partial charge in [0, 0.05) is 40.2 Å². The van der Waals surface area contributed by atoms with Gasteiger partial charge in [-0.15, -0.1) is 0 Å². The zero-order chi connectivity index (χ0) is 31.9. The number of aliphatic hydroxyl groups is 1. The van der Waals surface area contributed by atoms with Gasteiger partial charge in [-0.1, -0.05) is 56.1 Å². The third-order valence-electron chi connectivity index (χ3n) is 6.54. The largest absolute Gasteiger partial charge is 0.494 e. The number of methoxy groups -OCH3 is 2. The molecule has 2 amide bonds. The number of nitrogens with one attached hydrogen (secondary N) is 2. The van der Waals surface area contributed by atoms with Gasteiger partial charge in [0.25, 0.3) is 5.91 Å². The number of nitriles is 1. The summed E-state index contributed by atoms with van der Waals surface area (Å²) in [7, 11) is 2.62. The molecule has 0 saturated heterocycles. The summed E-state index contributed by atoms with van der Waals surface area (Å²) in [4.78, 5) is 38.5. The van der Waals surface area contributed by atoms with Gasteiger partial charge in [-0.05, 0) is 29.7 Å². The average molecular weight is 631 g/mol. The van der Waals surface area contributed by atoms with Crippen LogP contribution in [0.2, 0.25) is 10.0 Å². The number of aliphatic hydroxyl groups excluding tert-OH is 1. The molecule has 3 rings (SSSR count). The number of esters is 1. The molecule has 0 bridgehead atoms. The van der Waals surface area contributed by atoms with Gasteiger partial charge in [0.15, 0.2) is 11.8 Å². The molecule has 11 nitrogen and oxygen atoms in total. The summed E-state index contributed by atoms with van der Waals surface area (Å²) in [5, 5.41) is 30.6. The Morgan fingerprint density at radius 1 is 1.09 bits per heavy atom. The molecule has 0 aliphatic heterocycles. The molecule has 0 aliphatic carbocycles. The van der Waals surface area contributed by atoms with E-state index >= 15 is 0 Å². The Morgan fingerprint density at radius 3 is 2.33 bits per heavy atom. The van der Waals surface area contributed by atoms with E-state index in [4.69, 9.17) is 27.9 Å². The molecule has 0 aliphatic rings. The van der Waals surface area contributed by atoms with Crippen LogP contribution in [0.25, 0.3) is 16.9 Å². The maximum atomic E-state index is 13.9. The fourth-order valence-electron chi connectivity index (χ4n) is 4.35. The van der Waals surface area contributed by atoms with Gasteiger partial charge < -0.3 is 25.2 Å². The van der Waals surface area contributed by atoms with E-state index in [9.17, 15) is 24.8 Å². The molecule has 0 fully saturated rings. The molecule has 3 aromatic rings. The first kappa shape index (κ1) is 33.4. The maximum absolute atomic E-state index is 13.9. The minimum absolute atomic E-state index is 0.0388. The van der Waals surface area contributed by atoms with E-state index < -0.39 is 35.3 Å². The van der Waals surface area contributed by atoms with Gasteiger partial charge >= 0.3 is 5.97 Å². The normalized spacial score (nSPS) is 12.5. The molecule has 1 aromatic heterocycles. The standard InChI is InChI=1S/C30H33Cl2N5O6/c1-30(2,3)26(28(40)34-15-13-22(38)29(41)43-5)35-27(39)24-20(12-14-33)25(17-6-8-18(31)9-7-17)37(36-24)21-11-10-19(32)16-23(21)42-4/h6-11,16,22,26,38H,12-13,15H2,1-5H3,(H,34,40)(H,35,39). The van der Waals surface area contributed by atoms with Crippen LogP contribution in [-0.4, -0.2) is 65.6 Å². The molecule has 2 atom stereocenters. The van der Waals surface area contributed by atoms with E-state index in [0.29, 0.717) is 38.3 Å². The van der Waals surface area contributed by atoms with Crippen molar-refractivity contribution >= 4 is 41.0 Å². The lowest BCUT2D eigenvalue weighted by molar-refractivity contribution is -0.150. The zero-order valence-corrected chi connectivity index (χ0v) is 25.9. The lowest BCUT2D eigenvalue weighted by Gasteiger charge is -2.30. The SMILES string of the molecule is COC(=O)C(O)CCNC(=O)C(NC(=O)c1nn(-c2ccc(Cl)cc2OC)c(-c2ccc(Cl)cc2)c1CC#N)C(C)(C)C. The Morgan fingerprint density at radius 2 is 1.74 bits per heavy atom. The van der Waals surface area contributed by atoms with Gasteiger partial charge in [0.1, 0.15) is 17.5 Å². The second kappa shape index (κ2) is 14.4. The highest BCUT2D eigenvalue weighted by atomic mass is 35.5. The van der Waals surface area contributed by atoms with E-state index in [1.165, 1.54) is 11.8 Å². The van der Waals surface area contributed by atoms with Gasteiger partial charge in [-0.25, -0.2) is 9.48 Å². The molecular formula is C30H33Cl2N5O6. The Kier molecular flexibility index (Phi) is 11.2. The molecule has 13 heteroatoms. The van der Waals surface area contributed by atoms with Crippen molar-refractivity contribution in [2.24, 2.45) is 5.41 Å². The molecule has 3 N–H and O–H groups in total. The quantitative estimate of drug-likeness (QED) is 0.268. The number of rotatable bonds is 11. The van der Waals surface area contributed by atoms with Crippen LogP contribution in [0.1, 0.15) is 43.2 Å². The number of hydrogen-bond donors (Lipinski definition) is 3. The van der Waals surface area contributed by atoms with E-state index in [1.54, 1.807) is 63.2 Å². The number of ether oxygens (including phenoxy) is 2. The fraction of sp³-hybridized carbons (Fsp3) is 0.367. The van der Waals surface area contributed by atoms with Gasteiger partial charge in [0.05, 0.1) is 32.4 Å². The number of amides is 2. The average Bonchev–Trinajstić information content (AvgIpc) is 3.33. The lowest BCUT2D eigenvalue weighted by atomic mass is 9.86. The number of hydrogen-bond acceptors (Lipinski definition) is 8. The van der Waals surface area contributed by atoms with Crippen molar-refractivity contribution in [3.63, 3.8) is 0 Å². The molecule has 0 saturated carbocycles. The first-order valence-corrected chi connectivity index (χ1v) is 14.0. The Bertz CT molecular complexity index is 1530. The van der Waals surface area contributed by atoms with Crippen molar-refractivity contribution in [2.45, 2.75) is 45.8 Å². The number of carbonyl (C=O) groups excluding carboxylic acids is 3. The second-order valence-corrected chi connectivity index (χ2v) is 11.5. The predicted octanol–water partition coefficient (Wildman–Crippen LogP) is 4.11. The number of benzene rings is 2. The first-order valence-electron chi connectivity index (χ1n) is 13.3. The minimum atomic E-state index is -1.40. The molecular weight excluding hydrogens is 597 g/mol. The van der Waals surface area contributed by atoms with Crippen LogP contribution in [0, 0.1) is 16.7 Å². The summed E-state index contributed by atoms with van der Waals surface area (Å²) in [5.41, 5.74) is 1.06. The fourth-order valence-corrected chi connectivity index (χ4v) is 4.64. The van der Waals surface area contributed by atoms with Crippen LogP contribution in [0.15, 0.2) is 42.5 Å². The van der Waals surface area contributed by atoms with Crippen molar-refractivity contribution < 1.29 is 29.0 Å². The van der Waals surface area contributed by atoms with Crippen LogP contribution >= 0.6 is 23.2 Å². The monoisotopic (exact) mass is 629 g/mol. The van der Waals surface area contributed by atoms with Gasteiger partial charge in [0.2, 0.25) is 5.91 Å². The summed E-state index contributed by atoms with van der Waals surface area (Å²) in [6, 6.07) is 12.8. The number of nitrogens with zero attached hydrogens (tertiary/aromatic N) is 3. The van der Waals surface area contributed by atoms with E-state index in [2.05, 4.69) is 26.5 Å². The summed E-state index contributed by atoms with van der Waals surface area (Å²) in [5.74, 6) is -1.65. The molecule has 2 aromatic carbocycles. The molecule has 0 radical (unpaired) electrons. The van der Waals surface area contributed by atoms with Crippen LogP contribution in [0.5, 0.6) is 5.75 Å². The maximum Gasteiger partial charge on any atom is 0.334 e. The highest BCUT2D eigenvalue weighted by molar-refractivity contribution is 6.31. The Balaban J connectivity index is 2.07. The smallest absolute Gasteiger partial charge is 0.334 e. The van der Waals surface area contributed by atoms with E-state index in [1.807, 2.05) is 0 Å². The molecule has 1 heterocycles. The predicted molar refractivity (Wildman–Crippen MR) is 161 cm³/mol. The van der Waals surface area contributed by atoms with Gasteiger partial charge in [-0.3, -0.25) is 9.59 Å². The van der Waals surface area contributed by atoms with Crippen molar-refractivity contribution in [2.75, 3.05) is 20.8 Å². The summed E-state index contributed by atoms with van der Waals surface area (Å²) < 4.78 is 11.5. The third-order valence-corrected chi connectivity index (χ3v) is 7.02. The van der Waals surface area contributed by atoms with Crippen molar-refractivity contribution in [3.05, 3.63) is 63.8 Å². The zero-order valence-electron chi connectivity index (χ0n) is 24.4. The summed E-state index contributed by atoms with van der Waals surface area (Å²) in [6.45, 7) is 5.27. The molecule has 2 unspecified atom stereocenters. The summed E-state index contributed by atoms with van der Waals surface area (Å²) >= 11 is 12.3. The van der Waals surface area contributed by atoms with Crippen molar-refractivity contribution in [1.29, 1.82) is 5.26 Å². The highest BCUT2D eigenvalue weighted by Gasteiger charge is 2.35. The molecule has 43 heavy (non-hydrogen) atoms. The summed E-state index contributed by atoms with van der Waals surface area (Å²) in [6.07, 6.45) is -1.65. The van der Waals surface area contributed by atoms with Gasteiger partial charge in [-0.2, -0.15) is 10.4 Å². The van der Waals surface area contributed by atoms with E-state index in [0.717, 1.165) is 7.11 Å². The number of carbonyl (C=O) groups is 3. The van der Waals surface area contributed by atoms with Crippen molar-refractivity contribution in [1.82, 2.24) is 20.4 Å². The highest BCUT2D eigenvalue weighted by Crippen LogP contribution is 2.35. The van der Waals surface area contributed by atoms with Crippen LogP contribution in [0.4, 0.5) is 0 Å². The minimum Gasteiger partial charge on any atom is -0.494 e. The third kappa shape index (κ3) is 8.04. The second-order valence-electron chi connectivity index (χ2n) is 10.6. The Labute approximate surface area is 259 Å². The van der Waals surface area contributed by atoms with Crippen LogP contribution < -0.4 is 15.4 Å². The molecule has 0 spiro atoms. The van der Waals surface area contributed by atoms with Crippen LogP contribution in [-0.2, 0) is 20.7 Å². The first-order chi connectivity index (χ1) is 20.3. The number of aromatic nitrogens is 2. The molecule has 228 valence electrons. The van der Waals surface area contributed by atoms with Crippen LogP contribution in [0.3, 0.4) is 0 Å². The van der Waals surface area contributed by atoms with E-state index in [-0.39, 0.29) is 25.1 Å². The topological polar surface area (TPSA) is 156 Å². The lowest BCUT2D eigenvalue weighted by Crippen LogP contribution is -2.54. The Hall–Kier alpha value is -4.11. The number of halogens is 2. The van der Waals surface area contributed by atoms with Crippen molar-refractivity contribution in [3.8, 4) is 28.8 Å².